The van der Waals surface area contributed by atoms with E-state index in [0.717, 1.165) is 47.5 Å². The van der Waals surface area contributed by atoms with Gasteiger partial charge in [0, 0.05) is 29.9 Å². The van der Waals surface area contributed by atoms with Crippen molar-refractivity contribution in [3.8, 4) is 0 Å². The lowest BCUT2D eigenvalue weighted by atomic mass is 9.89. The van der Waals surface area contributed by atoms with Gasteiger partial charge in [0.05, 0.1) is 23.2 Å². The molecule has 0 radical (unpaired) electrons. The van der Waals surface area contributed by atoms with Crippen LogP contribution in [0.25, 0.3) is 5.52 Å². The van der Waals surface area contributed by atoms with Crippen molar-refractivity contribution in [1.82, 2.24) is 14.4 Å². The third-order valence-electron chi connectivity index (χ3n) is 4.49. The van der Waals surface area contributed by atoms with Crippen LogP contribution >= 0.6 is 0 Å². The second kappa shape index (κ2) is 5.02. The summed E-state index contributed by atoms with van der Waals surface area (Å²) in [6.45, 7) is 2.04. The van der Waals surface area contributed by atoms with Gasteiger partial charge in [-0.25, -0.2) is 4.98 Å². The van der Waals surface area contributed by atoms with Gasteiger partial charge >= 0.3 is 0 Å². The second-order valence-electron chi connectivity index (χ2n) is 5.91. The van der Waals surface area contributed by atoms with Crippen LogP contribution in [0.4, 0.5) is 5.69 Å². The third kappa shape index (κ3) is 2.09. The molecule has 0 bridgehead atoms. The van der Waals surface area contributed by atoms with Crippen LogP contribution in [0.5, 0.6) is 0 Å². The monoisotopic (exact) mass is 294 g/mol. The molecule has 1 atom stereocenters. The van der Waals surface area contributed by atoms with E-state index in [2.05, 4.69) is 19.7 Å². The number of imidazole rings is 1. The quantitative estimate of drug-likeness (QED) is 0.763. The molecule has 0 spiro atoms. The minimum absolute atomic E-state index is 0.00641. The van der Waals surface area contributed by atoms with Crippen molar-refractivity contribution in [2.45, 2.75) is 26.2 Å². The topological polar surface area (TPSA) is 62.2 Å². The van der Waals surface area contributed by atoms with E-state index in [1.165, 1.54) is 0 Å². The number of hydrogen-bond donors (Lipinski definition) is 2. The second-order valence-corrected chi connectivity index (χ2v) is 5.91. The number of rotatable bonds is 2. The number of anilines is 1. The van der Waals surface area contributed by atoms with E-state index in [0.29, 0.717) is 0 Å². The van der Waals surface area contributed by atoms with Gasteiger partial charge < -0.3 is 14.7 Å². The van der Waals surface area contributed by atoms with Crippen LogP contribution in [0, 0.1) is 12.8 Å². The molecule has 5 heteroatoms. The fourth-order valence-corrected chi connectivity index (χ4v) is 3.28. The summed E-state index contributed by atoms with van der Waals surface area (Å²) in [7, 11) is 0. The Hall–Kier alpha value is -2.56. The highest BCUT2D eigenvalue weighted by Gasteiger charge is 2.26. The highest BCUT2D eigenvalue weighted by Crippen LogP contribution is 2.26. The maximum absolute atomic E-state index is 12.6. The van der Waals surface area contributed by atoms with Gasteiger partial charge in [-0.3, -0.25) is 4.79 Å². The molecule has 0 saturated heterocycles. The average molecular weight is 294 g/mol. The molecule has 1 aliphatic carbocycles. The van der Waals surface area contributed by atoms with E-state index < -0.39 is 0 Å². The Morgan fingerprint density at radius 3 is 3.27 bits per heavy atom. The summed E-state index contributed by atoms with van der Waals surface area (Å²) in [5, 5.41) is 3.10. The number of aromatic amines is 1. The number of aryl methyl sites for hydroxylation is 2. The van der Waals surface area contributed by atoms with E-state index in [1.54, 1.807) is 6.33 Å². The highest BCUT2D eigenvalue weighted by atomic mass is 16.1. The Balaban J connectivity index is 1.57. The summed E-state index contributed by atoms with van der Waals surface area (Å²) >= 11 is 0. The Morgan fingerprint density at radius 1 is 1.45 bits per heavy atom. The highest BCUT2D eigenvalue weighted by molar-refractivity contribution is 5.97. The first-order valence-corrected chi connectivity index (χ1v) is 7.61. The predicted molar refractivity (Wildman–Crippen MR) is 84.9 cm³/mol. The number of aromatic nitrogens is 3. The molecule has 0 aromatic carbocycles. The van der Waals surface area contributed by atoms with E-state index in [-0.39, 0.29) is 11.8 Å². The molecule has 5 nitrogen and oxygen atoms in total. The molecule has 1 amide bonds. The zero-order chi connectivity index (χ0) is 15.1. The van der Waals surface area contributed by atoms with Crippen molar-refractivity contribution in [2.75, 3.05) is 5.32 Å². The van der Waals surface area contributed by atoms with Crippen LogP contribution in [0.15, 0.2) is 36.8 Å². The molecule has 0 fully saturated rings. The van der Waals surface area contributed by atoms with Crippen molar-refractivity contribution in [3.63, 3.8) is 0 Å². The molecule has 112 valence electrons. The number of amides is 1. The molecular weight excluding hydrogens is 276 g/mol. The van der Waals surface area contributed by atoms with Gasteiger partial charge in [0.15, 0.2) is 0 Å². The summed E-state index contributed by atoms with van der Waals surface area (Å²) in [4.78, 5) is 20.0. The third-order valence-corrected chi connectivity index (χ3v) is 4.49. The van der Waals surface area contributed by atoms with Gasteiger partial charge in [0.25, 0.3) is 0 Å². The van der Waals surface area contributed by atoms with E-state index in [1.807, 2.05) is 37.4 Å². The van der Waals surface area contributed by atoms with Crippen molar-refractivity contribution in [2.24, 2.45) is 5.92 Å². The van der Waals surface area contributed by atoms with Crippen molar-refractivity contribution in [3.05, 3.63) is 53.9 Å². The van der Waals surface area contributed by atoms with Crippen LogP contribution < -0.4 is 5.32 Å². The largest absolute Gasteiger partial charge is 0.348 e. The lowest BCUT2D eigenvalue weighted by Gasteiger charge is -2.20. The van der Waals surface area contributed by atoms with Gasteiger partial charge in [-0.15, -0.1) is 0 Å². The molecule has 3 aromatic heterocycles. The van der Waals surface area contributed by atoms with Crippen LogP contribution in [0.2, 0.25) is 0 Å². The molecule has 2 N–H and O–H groups in total. The lowest BCUT2D eigenvalue weighted by Crippen LogP contribution is -2.28. The molecule has 4 rings (SSSR count). The summed E-state index contributed by atoms with van der Waals surface area (Å²) in [6.07, 6.45) is 6.19. The summed E-state index contributed by atoms with van der Waals surface area (Å²) < 4.78 is 2.09. The molecule has 0 unspecified atom stereocenters. The van der Waals surface area contributed by atoms with Crippen molar-refractivity contribution in [1.29, 1.82) is 0 Å². The Morgan fingerprint density at radius 2 is 2.36 bits per heavy atom. The first-order chi connectivity index (χ1) is 10.7. The molecule has 0 saturated carbocycles. The smallest absolute Gasteiger partial charge is 0.227 e. The Bertz CT molecular complexity index is 845. The number of hydrogen-bond acceptors (Lipinski definition) is 2. The minimum atomic E-state index is 0.00641. The minimum Gasteiger partial charge on any atom is -0.348 e. The maximum atomic E-state index is 12.6. The maximum Gasteiger partial charge on any atom is 0.227 e. The van der Waals surface area contributed by atoms with Gasteiger partial charge in [-0.1, -0.05) is 6.07 Å². The standard InChI is InChI=1S/C17H18N4O/c1-11-8-15(16-4-2-3-7-21(11)16)20-17(22)12-5-6-13-14(9-12)19-10-18-13/h2-4,7-8,10,12H,5-6,9H2,1H3,(H,18,19)(H,20,22)/t12-/m0/s1. The number of H-pyrrole nitrogens is 1. The molecular formula is C17H18N4O. The van der Waals surface area contributed by atoms with Crippen LogP contribution in [-0.2, 0) is 17.6 Å². The summed E-state index contributed by atoms with van der Waals surface area (Å²) in [5.41, 5.74) is 5.24. The SMILES string of the molecule is Cc1cc(NC(=O)[C@H]2CCc3nc[nH]c3C2)c2ccccn12. The fourth-order valence-electron chi connectivity index (χ4n) is 3.28. The molecule has 3 heterocycles. The molecule has 0 aliphatic heterocycles. The van der Waals surface area contributed by atoms with Crippen LogP contribution in [-0.4, -0.2) is 20.3 Å². The number of pyridine rings is 1. The molecule has 22 heavy (non-hydrogen) atoms. The van der Waals surface area contributed by atoms with Crippen molar-refractivity contribution < 1.29 is 4.79 Å². The van der Waals surface area contributed by atoms with Gasteiger partial charge in [0.2, 0.25) is 5.91 Å². The molecule has 3 aromatic rings. The predicted octanol–water partition coefficient (Wildman–Crippen LogP) is 2.71. The van der Waals surface area contributed by atoms with Gasteiger partial charge in [-0.05, 0) is 38.0 Å². The first kappa shape index (κ1) is 13.1. The number of nitrogens with zero attached hydrogens (tertiary/aromatic N) is 2. The number of carbonyl (C=O) groups is 1. The summed E-state index contributed by atoms with van der Waals surface area (Å²) in [5.74, 6) is 0.100. The zero-order valence-electron chi connectivity index (χ0n) is 12.5. The zero-order valence-corrected chi connectivity index (χ0v) is 12.5. The number of carbonyl (C=O) groups excluding carboxylic acids is 1. The average Bonchev–Trinajstić information content (AvgIpc) is 3.12. The first-order valence-electron chi connectivity index (χ1n) is 7.61. The van der Waals surface area contributed by atoms with E-state index in [9.17, 15) is 4.79 Å². The van der Waals surface area contributed by atoms with E-state index in [4.69, 9.17) is 0 Å². The fraction of sp³-hybridized carbons (Fsp3) is 0.294. The van der Waals surface area contributed by atoms with Gasteiger partial charge in [-0.2, -0.15) is 0 Å². The summed E-state index contributed by atoms with van der Waals surface area (Å²) in [6, 6.07) is 8.03. The van der Waals surface area contributed by atoms with E-state index >= 15 is 0 Å². The van der Waals surface area contributed by atoms with Crippen molar-refractivity contribution >= 4 is 17.1 Å². The molecule has 1 aliphatic rings. The normalized spacial score (nSPS) is 17.4. The van der Waals surface area contributed by atoms with Gasteiger partial charge in [0.1, 0.15) is 0 Å². The number of nitrogens with one attached hydrogen (secondary N) is 2. The Kier molecular flexibility index (Phi) is 2.99. The number of fused-ring (bicyclic) bond motifs is 2. The van der Waals surface area contributed by atoms with Crippen LogP contribution in [0.3, 0.4) is 0 Å². The van der Waals surface area contributed by atoms with Crippen LogP contribution in [0.1, 0.15) is 23.5 Å². The lowest BCUT2D eigenvalue weighted by molar-refractivity contribution is -0.120. The Labute approximate surface area is 128 Å².